The number of pyridine rings is 2. The Morgan fingerprint density at radius 3 is 2.64 bits per heavy atom. The highest BCUT2D eigenvalue weighted by atomic mass is 35.5. The normalized spacial score (nSPS) is 17.1. The number of hydrogen-bond acceptors (Lipinski definition) is 7. The number of halogens is 2. The lowest BCUT2D eigenvalue weighted by molar-refractivity contribution is 0.331. The summed E-state index contributed by atoms with van der Waals surface area (Å²) in [6.45, 7) is 2.95. The molecule has 1 aliphatic heterocycles. The van der Waals surface area contributed by atoms with E-state index < -0.39 is 21.6 Å². The molecule has 0 unspecified atom stereocenters. The van der Waals surface area contributed by atoms with E-state index in [0.717, 1.165) is 17.1 Å². The third kappa shape index (κ3) is 4.49. The summed E-state index contributed by atoms with van der Waals surface area (Å²) in [6, 6.07) is 11.6. The molecule has 3 aromatic heterocycles. The molecule has 5 rings (SSSR count). The minimum absolute atomic E-state index is 0.136. The Bertz CT molecular complexity index is 1550. The number of anilines is 1. The second-order valence-corrected chi connectivity index (χ2v) is 11.2. The van der Waals surface area contributed by atoms with Crippen molar-refractivity contribution < 1.29 is 17.9 Å². The Balaban J connectivity index is 1.54. The van der Waals surface area contributed by atoms with E-state index in [1.54, 1.807) is 13.1 Å². The van der Waals surface area contributed by atoms with E-state index in [9.17, 15) is 17.9 Å². The fraction of sp³-hybridized carbons (Fsp3) is 0.292. The predicted octanol–water partition coefficient (Wildman–Crippen LogP) is 3.31. The standard InChI is InChI=1S/C24H24ClFN6O3S/c1-15-18-11-21(27-13-20(18)32(29-15)24-22(26)23(33)19(25)12-28-24)31-9-8-30(36(2,34)35)14-17(31)10-16-6-4-3-5-7-16/h3-7,11-13,17H,8-10,14H2,1-2H3,(H,28,33)/t17-/m1/s1. The fourth-order valence-electron chi connectivity index (χ4n) is 4.56. The molecule has 1 fully saturated rings. The van der Waals surface area contributed by atoms with Gasteiger partial charge in [-0.15, -0.1) is 0 Å². The van der Waals surface area contributed by atoms with Crippen molar-refractivity contribution in [2.75, 3.05) is 30.8 Å². The van der Waals surface area contributed by atoms with Gasteiger partial charge in [-0.05, 0) is 25.0 Å². The smallest absolute Gasteiger partial charge is 0.211 e. The van der Waals surface area contributed by atoms with E-state index in [0.29, 0.717) is 43.1 Å². The molecule has 0 amide bonds. The van der Waals surface area contributed by atoms with Gasteiger partial charge >= 0.3 is 0 Å². The zero-order valence-electron chi connectivity index (χ0n) is 19.6. The van der Waals surface area contributed by atoms with Crippen molar-refractivity contribution in [3.63, 3.8) is 0 Å². The third-order valence-electron chi connectivity index (χ3n) is 6.39. The molecule has 0 spiro atoms. The van der Waals surface area contributed by atoms with E-state index in [-0.39, 0.29) is 16.9 Å². The molecule has 1 aromatic carbocycles. The molecule has 0 radical (unpaired) electrons. The van der Waals surface area contributed by atoms with Crippen molar-refractivity contribution in [3.05, 3.63) is 70.9 Å². The Morgan fingerprint density at radius 1 is 1.17 bits per heavy atom. The molecule has 0 saturated carbocycles. The first-order chi connectivity index (χ1) is 17.1. The maximum absolute atomic E-state index is 14.7. The van der Waals surface area contributed by atoms with Gasteiger partial charge in [0, 0.05) is 31.1 Å². The molecule has 0 aliphatic carbocycles. The van der Waals surface area contributed by atoms with Gasteiger partial charge in [0.15, 0.2) is 11.6 Å². The number of benzene rings is 1. The molecule has 4 aromatic rings. The molecule has 188 valence electrons. The molecule has 9 nitrogen and oxygen atoms in total. The van der Waals surface area contributed by atoms with Gasteiger partial charge in [-0.3, -0.25) is 0 Å². The number of aromatic hydroxyl groups is 1. The highest BCUT2D eigenvalue weighted by Gasteiger charge is 2.32. The quantitative estimate of drug-likeness (QED) is 0.422. The van der Waals surface area contributed by atoms with Gasteiger partial charge in [0.25, 0.3) is 0 Å². The van der Waals surface area contributed by atoms with Crippen molar-refractivity contribution in [2.24, 2.45) is 0 Å². The van der Waals surface area contributed by atoms with Crippen LogP contribution in [-0.4, -0.2) is 69.5 Å². The third-order valence-corrected chi connectivity index (χ3v) is 7.94. The Kier molecular flexibility index (Phi) is 6.31. The number of sulfonamides is 1. The Morgan fingerprint density at radius 2 is 1.92 bits per heavy atom. The largest absolute Gasteiger partial charge is 0.504 e. The Hall–Kier alpha value is -3.28. The summed E-state index contributed by atoms with van der Waals surface area (Å²) in [5.41, 5.74) is 2.23. The summed E-state index contributed by atoms with van der Waals surface area (Å²) < 4.78 is 42.0. The summed E-state index contributed by atoms with van der Waals surface area (Å²) in [4.78, 5) is 10.8. The number of nitrogens with zero attached hydrogens (tertiary/aromatic N) is 6. The number of aryl methyl sites for hydroxylation is 1. The molecule has 1 N–H and O–H groups in total. The topological polar surface area (TPSA) is 104 Å². The maximum atomic E-state index is 14.7. The number of fused-ring (bicyclic) bond motifs is 1. The van der Waals surface area contributed by atoms with Crippen molar-refractivity contribution in [1.82, 2.24) is 24.1 Å². The van der Waals surface area contributed by atoms with E-state index in [1.807, 2.05) is 36.4 Å². The van der Waals surface area contributed by atoms with E-state index in [4.69, 9.17) is 11.6 Å². The molecular weight excluding hydrogens is 507 g/mol. The monoisotopic (exact) mass is 530 g/mol. The minimum atomic E-state index is -3.34. The Labute approximate surface area is 212 Å². The van der Waals surface area contributed by atoms with Crippen molar-refractivity contribution in [3.8, 4) is 11.6 Å². The van der Waals surface area contributed by atoms with Crippen LogP contribution in [0.1, 0.15) is 11.3 Å². The van der Waals surface area contributed by atoms with Crippen LogP contribution in [0.25, 0.3) is 16.7 Å². The van der Waals surface area contributed by atoms with Crippen LogP contribution in [0.5, 0.6) is 5.75 Å². The molecular formula is C24H24ClFN6O3S. The molecule has 36 heavy (non-hydrogen) atoms. The molecule has 0 bridgehead atoms. The summed E-state index contributed by atoms with van der Waals surface area (Å²) in [6.07, 6.45) is 4.62. The lowest BCUT2D eigenvalue weighted by Crippen LogP contribution is -2.55. The first-order valence-electron chi connectivity index (χ1n) is 11.3. The van der Waals surface area contributed by atoms with Crippen LogP contribution in [0.3, 0.4) is 0 Å². The first kappa shape index (κ1) is 24.4. The van der Waals surface area contributed by atoms with Crippen LogP contribution in [0.15, 0.2) is 48.8 Å². The van der Waals surface area contributed by atoms with Crippen LogP contribution >= 0.6 is 11.6 Å². The molecule has 1 atom stereocenters. The first-order valence-corrected chi connectivity index (χ1v) is 13.5. The number of hydrogen-bond donors (Lipinski definition) is 1. The zero-order chi connectivity index (χ0) is 25.6. The summed E-state index contributed by atoms with van der Waals surface area (Å²) in [5.74, 6) is -1.18. The van der Waals surface area contributed by atoms with E-state index in [2.05, 4.69) is 20.0 Å². The predicted molar refractivity (Wildman–Crippen MR) is 136 cm³/mol. The van der Waals surface area contributed by atoms with Crippen LogP contribution in [0, 0.1) is 12.7 Å². The molecule has 12 heteroatoms. The summed E-state index contributed by atoms with van der Waals surface area (Å²) >= 11 is 5.77. The van der Waals surface area contributed by atoms with Crippen LogP contribution < -0.4 is 4.90 Å². The maximum Gasteiger partial charge on any atom is 0.211 e. The SMILES string of the molecule is Cc1nn(-c2ncc(Cl)c(O)c2F)c2cnc(N3CCN(S(C)(=O)=O)C[C@H]3Cc3ccccc3)cc12. The van der Waals surface area contributed by atoms with Crippen molar-refractivity contribution in [1.29, 1.82) is 0 Å². The molecule has 1 saturated heterocycles. The number of rotatable bonds is 5. The van der Waals surface area contributed by atoms with Gasteiger partial charge in [-0.25, -0.2) is 23.1 Å². The van der Waals surface area contributed by atoms with Gasteiger partial charge in [-0.2, -0.15) is 13.8 Å². The van der Waals surface area contributed by atoms with Gasteiger partial charge in [0.1, 0.15) is 10.8 Å². The summed E-state index contributed by atoms with van der Waals surface area (Å²) in [5, 5.41) is 14.9. The van der Waals surface area contributed by atoms with Gasteiger partial charge in [0.2, 0.25) is 15.8 Å². The van der Waals surface area contributed by atoms with Crippen molar-refractivity contribution >= 4 is 38.3 Å². The second kappa shape index (κ2) is 9.30. The average Bonchev–Trinajstić information content (AvgIpc) is 3.18. The molecule has 4 heterocycles. The van der Waals surface area contributed by atoms with E-state index in [1.165, 1.54) is 15.2 Å². The van der Waals surface area contributed by atoms with Crippen LogP contribution in [-0.2, 0) is 16.4 Å². The molecule has 1 aliphatic rings. The van der Waals surface area contributed by atoms with Crippen LogP contribution in [0.4, 0.5) is 10.2 Å². The zero-order valence-corrected chi connectivity index (χ0v) is 21.2. The number of piperazine rings is 1. The second-order valence-electron chi connectivity index (χ2n) is 8.81. The van der Waals surface area contributed by atoms with Crippen molar-refractivity contribution in [2.45, 2.75) is 19.4 Å². The fourth-order valence-corrected chi connectivity index (χ4v) is 5.54. The van der Waals surface area contributed by atoms with E-state index >= 15 is 0 Å². The highest BCUT2D eigenvalue weighted by Crippen LogP contribution is 2.32. The van der Waals surface area contributed by atoms with Gasteiger partial charge < -0.3 is 10.0 Å². The number of aromatic nitrogens is 4. The van der Waals surface area contributed by atoms with Gasteiger partial charge in [-0.1, -0.05) is 41.9 Å². The highest BCUT2D eigenvalue weighted by molar-refractivity contribution is 7.88. The lowest BCUT2D eigenvalue weighted by atomic mass is 10.0. The summed E-state index contributed by atoms with van der Waals surface area (Å²) in [7, 11) is -3.34. The lowest BCUT2D eigenvalue weighted by Gasteiger charge is -2.41. The van der Waals surface area contributed by atoms with Crippen LogP contribution in [0.2, 0.25) is 5.02 Å². The minimum Gasteiger partial charge on any atom is -0.504 e. The van der Waals surface area contributed by atoms with Gasteiger partial charge in [0.05, 0.1) is 29.9 Å². The average molecular weight is 531 g/mol.